The Kier molecular flexibility index (Phi) is 2.46. The molecule has 2 aromatic rings. The smallest absolute Gasteiger partial charge is 0.135 e. The first-order chi connectivity index (χ1) is 7.18. The number of aryl methyl sites for hydroxylation is 1. The average molecular weight is 205 g/mol. The van der Waals surface area contributed by atoms with Crippen LogP contribution >= 0.6 is 0 Å². The summed E-state index contributed by atoms with van der Waals surface area (Å²) < 4.78 is 26.1. The van der Waals surface area contributed by atoms with Gasteiger partial charge in [0.05, 0.1) is 5.69 Å². The lowest BCUT2D eigenvalue weighted by Gasteiger charge is -2.05. The predicted octanol–water partition coefficient (Wildman–Crippen LogP) is 3.34. The molecule has 0 fully saturated rings. The lowest BCUT2D eigenvalue weighted by molar-refractivity contribution is 0.585. The highest BCUT2D eigenvalue weighted by Crippen LogP contribution is 2.23. The summed E-state index contributed by atoms with van der Waals surface area (Å²) in [6, 6.07) is 7.11. The predicted molar refractivity (Wildman–Crippen MR) is 54.3 cm³/mol. The lowest BCUT2D eigenvalue weighted by Crippen LogP contribution is -1.91. The van der Waals surface area contributed by atoms with Gasteiger partial charge in [0.2, 0.25) is 0 Å². The fraction of sp³-hybridized carbons (Fsp3) is 0.0833. The summed E-state index contributed by atoms with van der Waals surface area (Å²) in [5.74, 6) is -1.17. The normalized spacial score (nSPS) is 10.3. The molecule has 0 N–H and O–H groups in total. The molecule has 0 radical (unpaired) electrons. The third-order valence-corrected chi connectivity index (χ3v) is 2.20. The Labute approximate surface area is 86.4 Å². The van der Waals surface area contributed by atoms with Gasteiger partial charge in [0.15, 0.2) is 0 Å². The summed E-state index contributed by atoms with van der Waals surface area (Å²) in [5, 5.41) is 0. The van der Waals surface area contributed by atoms with E-state index in [1.165, 1.54) is 12.1 Å². The van der Waals surface area contributed by atoms with Crippen molar-refractivity contribution in [2.24, 2.45) is 0 Å². The zero-order valence-corrected chi connectivity index (χ0v) is 8.17. The molecule has 0 saturated heterocycles. The number of aromatic nitrogens is 1. The van der Waals surface area contributed by atoms with Gasteiger partial charge in [0.25, 0.3) is 0 Å². The molecule has 2 rings (SSSR count). The van der Waals surface area contributed by atoms with Gasteiger partial charge >= 0.3 is 0 Å². The first-order valence-electron chi connectivity index (χ1n) is 4.55. The van der Waals surface area contributed by atoms with Crippen LogP contribution in [0, 0.1) is 18.6 Å². The molecular formula is C12H9F2N. The minimum atomic E-state index is -0.586. The minimum Gasteiger partial charge on any atom is -0.256 e. The molecule has 1 nitrogen and oxygen atoms in total. The van der Waals surface area contributed by atoms with Crippen molar-refractivity contribution in [2.45, 2.75) is 6.92 Å². The quantitative estimate of drug-likeness (QED) is 0.695. The molecule has 15 heavy (non-hydrogen) atoms. The number of benzene rings is 1. The topological polar surface area (TPSA) is 12.9 Å². The monoisotopic (exact) mass is 205 g/mol. The van der Waals surface area contributed by atoms with E-state index in [0.29, 0.717) is 11.3 Å². The van der Waals surface area contributed by atoms with Crippen LogP contribution in [-0.2, 0) is 0 Å². The second-order valence-electron chi connectivity index (χ2n) is 3.29. The highest BCUT2D eigenvalue weighted by atomic mass is 19.1. The van der Waals surface area contributed by atoms with E-state index in [1.807, 2.05) is 13.0 Å². The summed E-state index contributed by atoms with van der Waals surface area (Å²) in [6.45, 7) is 1.84. The zero-order valence-electron chi connectivity index (χ0n) is 8.17. The fourth-order valence-corrected chi connectivity index (χ4v) is 1.45. The first-order valence-corrected chi connectivity index (χ1v) is 4.55. The molecule has 0 unspecified atom stereocenters. The van der Waals surface area contributed by atoms with E-state index < -0.39 is 11.6 Å². The minimum absolute atomic E-state index is 0.328. The van der Waals surface area contributed by atoms with Crippen LogP contribution < -0.4 is 0 Å². The highest BCUT2D eigenvalue weighted by molar-refractivity contribution is 5.63. The van der Waals surface area contributed by atoms with Crippen molar-refractivity contribution in [3.63, 3.8) is 0 Å². The molecule has 0 atom stereocenters. The van der Waals surface area contributed by atoms with Crippen LogP contribution in [0.5, 0.6) is 0 Å². The molecular weight excluding hydrogens is 196 g/mol. The van der Waals surface area contributed by atoms with E-state index in [4.69, 9.17) is 0 Å². The Morgan fingerprint density at radius 3 is 2.60 bits per heavy atom. The molecule has 1 aromatic carbocycles. The number of nitrogens with zero attached hydrogens (tertiary/aromatic N) is 1. The third kappa shape index (κ3) is 1.86. The molecule has 0 amide bonds. The highest BCUT2D eigenvalue weighted by Gasteiger charge is 2.09. The number of hydrogen-bond donors (Lipinski definition) is 0. The third-order valence-electron chi connectivity index (χ3n) is 2.20. The summed E-state index contributed by atoms with van der Waals surface area (Å²) >= 11 is 0. The van der Waals surface area contributed by atoms with Crippen molar-refractivity contribution in [1.82, 2.24) is 4.98 Å². The van der Waals surface area contributed by atoms with Crippen LogP contribution in [0.25, 0.3) is 11.3 Å². The maximum Gasteiger partial charge on any atom is 0.135 e. The van der Waals surface area contributed by atoms with Crippen LogP contribution in [0.1, 0.15) is 5.56 Å². The molecule has 3 heteroatoms. The fourth-order valence-electron chi connectivity index (χ4n) is 1.45. The summed E-state index contributed by atoms with van der Waals surface area (Å²) in [7, 11) is 0. The van der Waals surface area contributed by atoms with E-state index in [1.54, 1.807) is 12.3 Å². The second kappa shape index (κ2) is 3.77. The van der Waals surface area contributed by atoms with Gasteiger partial charge in [0.1, 0.15) is 11.6 Å². The number of halogens is 2. The van der Waals surface area contributed by atoms with Crippen LogP contribution in [0.4, 0.5) is 8.78 Å². The van der Waals surface area contributed by atoms with Crippen molar-refractivity contribution in [1.29, 1.82) is 0 Å². The SMILES string of the molecule is Cc1cccnc1-c1ccc(F)cc1F. The summed E-state index contributed by atoms with van der Waals surface area (Å²) in [4.78, 5) is 4.08. The standard InChI is InChI=1S/C12H9F2N/c1-8-3-2-6-15-12(8)10-5-4-9(13)7-11(10)14/h2-7H,1H3. The lowest BCUT2D eigenvalue weighted by atomic mass is 10.1. The van der Waals surface area contributed by atoms with Gasteiger partial charge in [0, 0.05) is 17.8 Å². The molecule has 0 spiro atoms. The Morgan fingerprint density at radius 2 is 1.93 bits per heavy atom. The van der Waals surface area contributed by atoms with E-state index >= 15 is 0 Å². The number of pyridine rings is 1. The maximum absolute atomic E-state index is 13.4. The van der Waals surface area contributed by atoms with Crippen LogP contribution in [-0.4, -0.2) is 4.98 Å². The Morgan fingerprint density at radius 1 is 1.13 bits per heavy atom. The van der Waals surface area contributed by atoms with E-state index in [-0.39, 0.29) is 0 Å². The second-order valence-corrected chi connectivity index (χ2v) is 3.29. The van der Waals surface area contributed by atoms with E-state index in [9.17, 15) is 8.78 Å². The summed E-state index contributed by atoms with van der Waals surface area (Å²) in [5.41, 5.74) is 1.74. The van der Waals surface area contributed by atoms with Gasteiger partial charge in [-0.2, -0.15) is 0 Å². The van der Waals surface area contributed by atoms with Crippen molar-refractivity contribution < 1.29 is 8.78 Å². The van der Waals surface area contributed by atoms with Crippen molar-refractivity contribution in [3.8, 4) is 11.3 Å². The van der Waals surface area contributed by atoms with Gasteiger partial charge in [-0.3, -0.25) is 4.98 Å². The van der Waals surface area contributed by atoms with Gasteiger partial charge in [-0.15, -0.1) is 0 Å². The summed E-state index contributed by atoms with van der Waals surface area (Å²) in [6.07, 6.45) is 1.59. The Bertz CT molecular complexity index is 495. The van der Waals surface area contributed by atoms with Crippen molar-refractivity contribution in [3.05, 3.63) is 53.7 Å². The molecule has 0 saturated carbocycles. The molecule has 0 aliphatic rings. The Hall–Kier alpha value is -1.77. The average Bonchev–Trinajstić information content (AvgIpc) is 2.20. The van der Waals surface area contributed by atoms with Gasteiger partial charge in [-0.25, -0.2) is 8.78 Å². The van der Waals surface area contributed by atoms with Crippen LogP contribution in [0.3, 0.4) is 0 Å². The maximum atomic E-state index is 13.4. The molecule has 0 aliphatic heterocycles. The van der Waals surface area contributed by atoms with Crippen LogP contribution in [0.15, 0.2) is 36.5 Å². The molecule has 1 aromatic heterocycles. The molecule has 1 heterocycles. The first kappa shape index (κ1) is 9.77. The molecule has 0 bridgehead atoms. The van der Waals surface area contributed by atoms with Gasteiger partial charge in [-0.05, 0) is 30.7 Å². The Balaban J connectivity index is 2.60. The van der Waals surface area contributed by atoms with Crippen LogP contribution in [0.2, 0.25) is 0 Å². The van der Waals surface area contributed by atoms with E-state index in [0.717, 1.165) is 11.6 Å². The molecule has 0 aliphatic carbocycles. The largest absolute Gasteiger partial charge is 0.256 e. The zero-order chi connectivity index (χ0) is 10.8. The number of hydrogen-bond acceptors (Lipinski definition) is 1. The molecule has 76 valence electrons. The van der Waals surface area contributed by atoms with Gasteiger partial charge in [-0.1, -0.05) is 6.07 Å². The van der Waals surface area contributed by atoms with Crippen molar-refractivity contribution >= 4 is 0 Å². The number of rotatable bonds is 1. The van der Waals surface area contributed by atoms with E-state index in [2.05, 4.69) is 4.98 Å². The van der Waals surface area contributed by atoms with Gasteiger partial charge < -0.3 is 0 Å². The van der Waals surface area contributed by atoms with Crippen molar-refractivity contribution in [2.75, 3.05) is 0 Å².